The molecule has 0 radical (unpaired) electrons. The molecule has 1 fully saturated rings. The number of hydrogen-bond donors (Lipinski definition) is 1. The van der Waals surface area contributed by atoms with E-state index < -0.39 is 0 Å². The van der Waals surface area contributed by atoms with Gasteiger partial charge in [0.05, 0.1) is 5.69 Å². The number of carbonyl (C=O) groups excluding carboxylic acids is 1. The van der Waals surface area contributed by atoms with Crippen molar-refractivity contribution in [1.82, 2.24) is 20.0 Å². The Kier molecular flexibility index (Phi) is 6.89. The summed E-state index contributed by atoms with van der Waals surface area (Å²) in [5, 5.41) is 7.74. The fraction of sp³-hybridized carbons (Fsp3) is 0.429. The van der Waals surface area contributed by atoms with Gasteiger partial charge in [0.1, 0.15) is 0 Å². The van der Waals surface area contributed by atoms with Crippen LogP contribution >= 0.6 is 11.8 Å². The highest BCUT2D eigenvalue weighted by Gasteiger charge is 2.27. The number of fused-ring (bicyclic) bond motifs is 3. The Morgan fingerprint density at radius 1 is 1.03 bits per heavy atom. The Bertz CT molecular complexity index is 1240. The van der Waals surface area contributed by atoms with Crippen LogP contribution in [0.4, 0.5) is 5.69 Å². The Hall–Kier alpha value is -2.77. The molecular formula is C28H35N5OS. The second-order valence-electron chi connectivity index (χ2n) is 9.82. The number of aryl methyl sites for hydroxylation is 4. The van der Waals surface area contributed by atoms with Gasteiger partial charge in [0, 0.05) is 67.2 Å². The van der Waals surface area contributed by atoms with Crippen molar-refractivity contribution in [3.63, 3.8) is 0 Å². The fourth-order valence-electron chi connectivity index (χ4n) is 5.19. The lowest BCUT2D eigenvalue weighted by Gasteiger charge is -2.37. The third kappa shape index (κ3) is 4.98. The standard InChI is InChI=1S/C28H35N5OS/c1-19-7-9-25-22(16-19)27-23(18-35-25)26(30-31(27)4)28(34)29-10-5-11-32-12-14-33(15-13-32)24-17-20(2)6-8-21(24)3/h6-9,16-17H,5,10-15,18H2,1-4H3,(H,29,34). The molecule has 7 heteroatoms. The van der Waals surface area contributed by atoms with Gasteiger partial charge in [-0.05, 0) is 63.1 Å². The third-order valence-electron chi connectivity index (χ3n) is 7.14. The number of hydrogen-bond acceptors (Lipinski definition) is 5. The van der Waals surface area contributed by atoms with Crippen molar-refractivity contribution in [3.05, 3.63) is 64.3 Å². The lowest BCUT2D eigenvalue weighted by molar-refractivity contribution is 0.0945. The Morgan fingerprint density at radius 2 is 1.77 bits per heavy atom. The van der Waals surface area contributed by atoms with Gasteiger partial charge in [0.25, 0.3) is 5.91 Å². The molecule has 6 nitrogen and oxygen atoms in total. The van der Waals surface area contributed by atoms with Gasteiger partial charge in [-0.1, -0.05) is 23.8 Å². The summed E-state index contributed by atoms with van der Waals surface area (Å²) in [6.45, 7) is 12.4. The molecule has 2 aromatic carbocycles. The smallest absolute Gasteiger partial charge is 0.272 e. The zero-order chi connectivity index (χ0) is 24.5. The maximum absolute atomic E-state index is 13.0. The zero-order valence-electron chi connectivity index (χ0n) is 21.2. The Labute approximate surface area is 212 Å². The van der Waals surface area contributed by atoms with E-state index in [-0.39, 0.29) is 5.91 Å². The van der Waals surface area contributed by atoms with Crippen molar-refractivity contribution in [2.75, 3.05) is 44.2 Å². The van der Waals surface area contributed by atoms with E-state index in [4.69, 9.17) is 0 Å². The number of nitrogens with zero attached hydrogens (tertiary/aromatic N) is 4. The van der Waals surface area contributed by atoms with Crippen molar-refractivity contribution in [2.45, 2.75) is 37.8 Å². The van der Waals surface area contributed by atoms with Gasteiger partial charge in [-0.3, -0.25) is 14.4 Å². The highest BCUT2D eigenvalue weighted by atomic mass is 32.2. The molecule has 2 aliphatic heterocycles. The summed E-state index contributed by atoms with van der Waals surface area (Å²) < 4.78 is 1.87. The summed E-state index contributed by atoms with van der Waals surface area (Å²) >= 11 is 1.79. The zero-order valence-corrected chi connectivity index (χ0v) is 22.0. The summed E-state index contributed by atoms with van der Waals surface area (Å²) in [7, 11) is 1.94. The predicted octanol–water partition coefficient (Wildman–Crippen LogP) is 4.56. The molecule has 0 atom stereocenters. The number of benzene rings is 2. The molecule has 1 N–H and O–H groups in total. The molecule has 0 saturated carbocycles. The van der Waals surface area contributed by atoms with E-state index >= 15 is 0 Å². The number of carbonyl (C=O) groups is 1. The van der Waals surface area contributed by atoms with Crippen LogP contribution in [0.25, 0.3) is 11.3 Å². The molecule has 3 aromatic rings. The molecular weight excluding hydrogens is 454 g/mol. The van der Waals surface area contributed by atoms with Gasteiger partial charge in [-0.15, -0.1) is 11.8 Å². The van der Waals surface area contributed by atoms with Gasteiger partial charge < -0.3 is 10.2 Å². The van der Waals surface area contributed by atoms with E-state index in [0.29, 0.717) is 12.2 Å². The molecule has 2 aliphatic rings. The number of anilines is 1. The number of aromatic nitrogens is 2. The van der Waals surface area contributed by atoms with Crippen molar-refractivity contribution >= 4 is 23.4 Å². The molecule has 3 heterocycles. The lowest BCUT2D eigenvalue weighted by atomic mass is 10.0. The normalized spacial score (nSPS) is 15.6. The van der Waals surface area contributed by atoms with E-state index in [9.17, 15) is 4.79 Å². The molecule has 1 aromatic heterocycles. The molecule has 1 saturated heterocycles. The summed E-state index contributed by atoms with van der Waals surface area (Å²) in [4.78, 5) is 19.3. The second-order valence-corrected chi connectivity index (χ2v) is 10.8. The monoisotopic (exact) mass is 489 g/mol. The van der Waals surface area contributed by atoms with Crippen LogP contribution in [0.5, 0.6) is 0 Å². The first-order valence-corrected chi connectivity index (χ1v) is 13.5. The maximum Gasteiger partial charge on any atom is 0.272 e. The minimum absolute atomic E-state index is 0.0571. The van der Waals surface area contributed by atoms with Crippen LogP contribution in [-0.4, -0.2) is 59.9 Å². The maximum atomic E-state index is 13.0. The highest BCUT2D eigenvalue weighted by Crippen LogP contribution is 2.42. The topological polar surface area (TPSA) is 53.4 Å². The van der Waals surface area contributed by atoms with Crippen molar-refractivity contribution in [2.24, 2.45) is 7.05 Å². The minimum atomic E-state index is -0.0571. The number of amides is 1. The number of piperazine rings is 1. The minimum Gasteiger partial charge on any atom is -0.369 e. The largest absolute Gasteiger partial charge is 0.369 e. The second kappa shape index (κ2) is 10.1. The molecule has 0 spiro atoms. The first kappa shape index (κ1) is 23.9. The summed E-state index contributed by atoms with van der Waals surface area (Å²) in [6, 6.07) is 13.2. The lowest BCUT2D eigenvalue weighted by Crippen LogP contribution is -2.47. The van der Waals surface area contributed by atoms with E-state index in [2.05, 4.69) is 77.4 Å². The van der Waals surface area contributed by atoms with E-state index in [1.807, 2.05) is 11.7 Å². The van der Waals surface area contributed by atoms with Crippen LogP contribution in [-0.2, 0) is 12.8 Å². The summed E-state index contributed by atoms with van der Waals surface area (Å²) in [5.74, 6) is 0.727. The molecule has 5 rings (SSSR count). The number of nitrogens with one attached hydrogen (secondary N) is 1. The first-order valence-electron chi connectivity index (χ1n) is 12.5. The quantitative estimate of drug-likeness (QED) is 0.515. The fourth-order valence-corrected chi connectivity index (χ4v) is 6.24. The van der Waals surface area contributed by atoms with Crippen LogP contribution in [0.15, 0.2) is 41.3 Å². The van der Waals surface area contributed by atoms with Crippen molar-refractivity contribution in [1.29, 1.82) is 0 Å². The number of thioether (sulfide) groups is 1. The van der Waals surface area contributed by atoms with Gasteiger partial charge in [0.15, 0.2) is 5.69 Å². The van der Waals surface area contributed by atoms with E-state index in [1.54, 1.807) is 11.8 Å². The van der Waals surface area contributed by atoms with Crippen LogP contribution in [0, 0.1) is 20.8 Å². The van der Waals surface area contributed by atoms with Crippen molar-refractivity contribution < 1.29 is 4.79 Å². The molecule has 1 amide bonds. The average molecular weight is 490 g/mol. The molecule has 0 unspecified atom stereocenters. The summed E-state index contributed by atoms with van der Waals surface area (Å²) in [6.07, 6.45) is 0.945. The van der Waals surface area contributed by atoms with Crippen LogP contribution in [0.1, 0.15) is 39.2 Å². The Balaban J connectivity index is 1.13. The number of rotatable bonds is 6. The SMILES string of the molecule is Cc1ccc2c(c1)-c1c(c(C(=O)NCCCN3CCN(c4cc(C)ccc4C)CC3)nn1C)CS2. The van der Waals surface area contributed by atoms with Gasteiger partial charge in [-0.2, -0.15) is 5.10 Å². The Morgan fingerprint density at radius 3 is 2.57 bits per heavy atom. The molecule has 35 heavy (non-hydrogen) atoms. The molecule has 0 bridgehead atoms. The predicted molar refractivity (Wildman–Crippen MR) is 144 cm³/mol. The first-order chi connectivity index (χ1) is 16.9. The van der Waals surface area contributed by atoms with Gasteiger partial charge >= 0.3 is 0 Å². The van der Waals surface area contributed by atoms with Crippen LogP contribution < -0.4 is 10.2 Å². The van der Waals surface area contributed by atoms with E-state index in [0.717, 1.165) is 56.2 Å². The van der Waals surface area contributed by atoms with Crippen LogP contribution in [0.2, 0.25) is 0 Å². The van der Waals surface area contributed by atoms with Crippen LogP contribution in [0.3, 0.4) is 0 Å². The van der Waals surface area contributed by atoms with E-state index in [1.165, 1.54) is 32.8 Å². The molecule has 0 aliphatic carbocycles. The molecule has 184 valence electrons. The van der Waals surface area contributed by atoms with Gasteiger partial charge in [0.2, 0.25) is 0 Å². The third-order valence-corrected chi connectivity index (χ3v) is 8.24. The van der Waals surface area contributed by atoms with Crippen molar-refractivity contribution in [3.8, 4) is 11.3 Å². The highest BCUT2D eigenvalue weighted by molar-refractivity contribution is 7.98. The summed E-state index contributed by atoms with van der Waals surface area (Å²) in [5.41, 5.74) is 9.14. The average Bonchev–Trinajstić information content (AvgIpc) is 3.20. The van der Waals surface area contributed by atoms with Gasteiger partial charge in [-0.25, -0.2) is 0 Å².